The fourth-order valence-corrected chi connectivity index (χ4v) is 3.43. The van der Waals surface area contributed by atoms with Gasteiger partial charge in [-0.2, -0.15) is 5.26 Å². The molecule has 0 saturated heterocycles. The molecule has 3 aromatic carbocycles. The first-order valence-corrected chi connectivity index (χ1v) is 10.6. The van der Waals surface area contributed by atoms with Gasteiger partial charge in [-0.15, -0.1) is 0 Å². The number of anilines is 1. The lowest BCUT2D eigenvalue weighted by Crippen LogP contribution is -2.14. The molecule has 1 amide bonds. The highest BCUT2D eigenvalue weighted by Crippen LogP contribution is 2.37. The molecular weight excluding hydrogens is 443 g/mol. The van der Waals surface area contributed by atoms with Gasteiger partial charge in [0.25, 0.3) is 5.91 Å². The second kappa shape index (κ2) is 11.2. The van der Waals surface area contributed by atoms with E-state index >= 15 is 0 Å². The van der Waals surface area contributed by atoms with Crippen molar-refractivity contribution in [2.24, 2.45) is 0 Å². The summed E-state index contributed by atoms with van der Waals surface area (Å²) in [6, 6.07) is 18.5. The van der Waals surface area contributed by atoms with E-state index in [-0.39, 0.29) is 23.0 Å². The van der Waals surface area contributed by atoms with E-state index in [9.17, 15) is 14.4 Å². The molecule has 0 radical (unpaired) electrons. The third-order valence-corrected chi connectivity index (χ3v) is 5.15. The summed E-state index contributed by atoms with van der Waals surface area (Å²) in [7, 11) is 1.46. The second-order valence-electron chi connectivity index (χ2n) is 7.08. The Balaban J connectivity index is 1.82. The standard InChI is InChI=1S/C26H22ClFN2O3/c1-3-19-6-4-5-7-23(19)30-26(31)20(15-29)12-18-13-22(27)25(24(14-18)32-2)33-16-17-8-10-21(28)11-9-17/h4-14H,3,16H2,1-2H3,(H,30,31)/b20-12+. The lowest BCUT2D eigenvalue weighted by molar-refractivity contribution is -0.112. The van der Waals surface area contributed by atoms with Gasteiger partial charge >= 0.3 is 0 Å². The maximum atomic E-state index is 13.1. The molecule has 1 N–H and O–H groups in total. The zero-order valence-electron chi connectivity index (χ0n) is 18.2. The zero-order chi connectivity index (χ0) is 23.8. The number of nitrogens with zero attached hydrogens (tertiary/aromatic N) is 1. The van der Waals surface area contributed by atoms with Crippen molar-refractivity contribution in [3.63, 3.8) is 0 Å². The lowest BCUT2D eigenvalue weighted by Gasteiger charge is -2.14. The van der Waals surface area contributed by atoms with Crippen LogP contribution in [0, 0.1) is 17.1 Å². The van der Waals surface area contributed by atoms with Crippen molar-refractivity contribution in [1.29, 1.82) is 5.26 Å². The van der Waals surface area contributed by atoms with Crippen molar-refractivity contribution in [2.75, 3.05) is 12.4 Å². The van der Waals surface area contributed by atoms with E-state index in [4.69, 9.17) is 21.1 Å². The number of nitriles is 1. The number of methoxy groups -OCH3 is 1. The molecule has 0 unspecified atom stereocenters. The van der Waals surface area contributed by atoms with E-state index < -0.39 is 5.91 Å². The van der Waals surface area contributed by atoms with Crippen LogP contribution in [-0.2, 0) is 17.8 Å². The summed E-state index contributed by atoms with van der Waals surface area (Å²) >= 11 is 6.40. The minimum Gasteiger partial charge on any atom is -0.493 e. The SMILES string of the molecule is CCc1ccccc1NC(=O)/C(C#N)=C/c1cc(Cl)c(OCc2ccc(F)cc2)c(OC)c1. The van der Waals surface area contributed by atoms with Gasteiger partial charge < -0.3 is 14.8 Å². The van der Waals surface area contributed by atoms with Crippen LogP contribution in [0.2, 0.25) is 5.02 Å². The number of aryl methyl sites for hydroxylation is 1. The van der Waals surface area contributed by atoms with E-state index in [2.05, 4.69) is 5.32 Å². The number of carbonyl (C=O) groups excluding carboxylic acids is 1. The van der Waals surface area contributed by atoms with Crippen molar-refractivity contribution in [2.45, 2.75) is 20.0 Å². The highest BCUT2D eigenvalue weighted by Gasteiger charge is 2.15. The molecule has 33 heavy (non-hydrogen) atoms. The Morgan fingerprint density at radius 2 is 1.91 bits per heavy atom. The van der Waals surface area contributed by atoms with E-state index in [1.54, 1.807) is 30.3 Å². The molecule has 168 valence electrons. The van der Waals surface area contributed by atoms with Crippen LogP contribution in [0.5, 0.6) is 11.5 Å². The van der Waals surface area contributed by atoms with Gasteiger partial charge in [-0.1, -0.05) is 48.9 Å². The summed E-state index contributed by atoms with van der Waals surface area (Å²) < 4.78 is 24.3. The summed E-state index contributed by atoms with van der Waals surface area (Å²) in [4.78, 5) is 12.7. The van der Waals surface area contributed by atoms with E-state index in [1.807, 2.05) is 31.2 Å². The van der Waals surface area contributed by atoms with Crippen LogP contribution in [0.1, 0.15) is 23.6 Å². The molecule has 0 heterocycles. The monoisotopic (exact) mass is 464 g/mol. The number of para-hydroxylation sites is 1. The summed E-state index contributed by atoms with van der Waals surface area (Å²) in [5.74, 6) is -0.212. The molecule has 0 aliphatic rings. The maximum Gasteiger partial charge on any atom is 0.266 e. The Labute approximate surface area is 197 Å². The van der Waals surface area contributed by atoms with Gasteiger partial charge in [0.2, 0.25) is 0 Å². The molecule has 7 heteroatoms. The largest absolute Gasteiger partial charge is 0.493 e. The number of ether oxygens (including phenoxy) is 2. The van der Waals surface area contributed by atoms with Gasteiger partial charge in [0, 0.05) is 5.69 Å². The summed E-state index contributed by atoms with van der Waals surface area (Å²) in [6.45, 7) is 2.15. The molecular formula is C26H22ClFN2O3. The van der Waals surface area contributed by atoms with Crippen molar-refractivity contribution >= 4 is 29.3 Å². The highest BCUT2D eigenvalue weighted by atomic mass is 35.5. The molecule has 3 aromatic rings. The van der Waals surface area contributed by atoms with Crippen LogP contribution in [0.3, 0.4) is 0 Å². The highest BCUT2D eigenvalue weighted by molar-refractivity contribution is 6.32. The van der Waals surface area contributed by atoms with Gasteiger partial charge in [0.15, 0.2) is 11.5 Å². The van der Waals surface area contributed by atoms with Gasteiger partial charge in [-0.05, 0) is 59.5 Å². The number of halogens is 2. The average Bonchev–Trinajstić information content (AvgIpc) is 2.82. The first-order chi connectivity index (χ1) is 15.9. The number of amides is 1. The average molecular weight is 465 g/mol. The van der Waals surface area contributed by atoms with Crippen LogP contribution in [-0.4, -0.2) is 13.0 Å². The zero-order valence-corrected chi connectivity index (χ0v) is 18.9. The van der Waals surface area contributed by atoms with Crippen LogP contribution < -0.4 is 14.8 Å². The van der Waals surface area contributed by atoms with Crippen LogP contribution in [0.25, 0.3) is 6.08 Å². The molecule has 0 saturated carbocycles. The smallest absolute Gasteiger partial charge is 0.266 e. The molecule has 0 spiro atoms. The number of hydrogen-bond acceptors (Lipinski definition) is 4. The number of hydrogen-bond donors (Lipinski definition) is 1. The lowest BCUT2D eigenvalue weighted by atomic mass is 10.1. The minimum atomic E-state index is -0.523. The van der Waals surface area contributed by atoms with Crippen LogP contribution >= 0.6 is 11.6 Å². The third kappa shape index (κ3) is 6.12. The number of carbonyl (C=O) groups is 1. The van der Waals surface area contributed by atoms with Gasteiger partial charge in [-0.3, -0.25) is 4.79 Å². The van der Waals surface area contributed by atoms with Crippen molar-refractivity contribution in [3.8, 4) is 17.6 Å². The van der Waals surface area contributed by atoms with E-state index in [0.29, 0.717) is 22.7 Å². The first kappa shape index (κ1) is 23.8. The molecule has 5 nitrogen and oxygen atoms in total. The number of benzene rings is 3. The fourth-order valence-electron chi connectivity index (χ4n) is 3.15. The Morgan fingerprint density at radius 3 is 2.58 bits per heavy atom. The number of nitrogens with one attached hydrogen (secondary N) is 1. The van der Waals surface area contributed by atoms with Crippen molar-refractivity contribution < 1.29 is 18.7 Å². The minimum absolute atomic E-state index is 0.0843. The van der Waals surface area contributed by atoms with Crippen molar-refractivity contribution in [3.05, 3.63) is 93.8 Å². The first-order valence-electron chi connectivity index (χ1n) is 10.2. The molecule has 0 bridgehead atoms. The molecule has 0 aliphatic carbocycles. The maximum absolute atomic E-state index is 13.1. The summed E-state index contributed by atoms with van der Waals surface area (Å²) in [6.07, 6.45) is 2.18. The molecule has 0 fully saturated rings. The Kier molecular flexibility index (Phi) is 8.06. The van der Waals surface area contributed by atoms with Gasteiger partial charge in [0.05, 0.1) is 12.1 Å². The quantitative estimate of drug-likeness (QED) is 0.319. The van der Waals surface area contributed by atoms with Gasteiger partial charge in [-0.25, -0.2) is 4.39 Å². The predicted molar refractivity (Wildman–Crippen MR) is 127 cm³/mol. The predicted octanol–water partition coefficient (Wildman–Crippen LogP) is 6.17. The Hall–Kier alpha value is -3.82. The Morgan fingerprint density at radius 1 is 1.18 bits per heavy atom. The fraction of sp³-hybridized carbons (Fsp3) is 0.154. The normalized spacial score (nSPS) is 10.9. The van der Waals surface area contributed by atoms with E-state index in [0.717, 1.165) is 17.5 Å². The van der Waals surface area contributed by atoms with Crippen molar-refractivity contribution in [1.82, 2.24) is 0 Å². The number of rotatable bonds is 8. The van der Waals surface area contributed by atoms with Crippen LogP contribution in [0.4, 0.5) is 10.1 Å². The topological polar surface area (TPSA) is 71.4 Å². The molecule has 0 aromatic heterocycles. The molecule has 3 rings (SSSR count). The second-order valence-corrected chi connectivity index (χ2v) is 7.49. The van der Waals surface area contributed by atoms with Crippen LogP contribution in [0.15, 0.2) is 66.2 Å². The Bertz CT molecular complexity index is 1220. The van der Waals surface area contributed by atoms with Gasteiger partial charge in [0.1, 0.15) is 24.1 Å². The molecule has 0 aliphatic heterocycles. The summed E-state index contributed by atoms with van der Waals surface area (Å²) in [5, 5.41) is 12.6. The third-order valence-electron chi connectivity index (χ3n) is 4.87. The molecule has 0 atom stereocenters. The summed E-state index contributed by atoms with van der Waals surface area (Å²) in [5.41, 5.74) is 2.80. The van der Waals surface area contributed by atoms with E-state index in [1.165, 1.54) is 25.3 Å².